The number of nitrogens with zero attached hydrogens (tertiary/aromatic N) is 4. The molecule has 0 unspecified atom stereocenters. The fourth-order valence-electron chi connectivity index (χ4n) is 2.71. The Labute approximate surface area is 194 Å². The summed E-state index contributed by atoms with van der Waals surface area (Å²) in [5.41, 5.74) is 1.20. The van der Waals surface area contributed by atoms with Gasteiger partial charge in [0.15, 0.2) is 5.16 Å². The van der Waals surface area contributed by atoms with Gasteiger partial charge in [0.25, 0.3) is 0 Å². The van der Waals surface area contributed by atoms with Crippen molar-refractivity contribution in [1.29, 1.82) is 0 Å². The molecule has 0 bridgehead atoms. The molecule has 31 heavy (non-hydrogen) atoms. The summed E-state index contributed by atoms with van der Waals surface area (Å²) in [7, 11) is 1.85. The van der Waals surface area contributed by atoms with Crippen LogP contribution in [-0.2, 0) is 11.8 Å². The number of anilines is 2. The van der Waals surface area contributed by atoms with Gasteiger partial charge in [-0.2, -0.15) is 0 Å². The summed E-state index contributed by atoms with van der Waals surface area (Å²) in [5, 5.41) is 4.45. The van der Waals surface area contributed by atoms with Gasteiger partial charge in [0, 0.05) is 37.4 Å². The predicted octanol–water partition coefficient (Wildman–Crippen LogP) is 5.17. The van der Waals surface area contributed by atoms with Crippen LogP contribution in [0.5, 0.6) is 5.75 Å². The van der Waals surface area contributed by atoms with E-state index in [1.807, 2.05) is 11.6 Å². The topological polar surface area (TPSA) is 81.9 Å². The van der Waals surface area contributed by atoms with E-state index in [-0.39, 0.29) is 30.6 Å². The number of carbonyl (C=O) groups excluding carboxylic acids is 1. The maximum Gasteiger partial charge on any atom is 0.308 e. The molecule has 4 aromatic rings. The lowest BCUT2D eigenvalue weighted by Gasteiger charge is -2.11. The van der Waals surface area contributed by atoms with E-state index in [0.29, 0.717) is 38.2 Å². The molecule has 11 heteroatoms. The first-order valence-corrected chi connectivity index (χ1v) is 9.46. The maximum atomic E-state index is 14.6. The lowest BCUT2D eigenvalue weighted by Crippen LogP contribution is -2.02. The SMILES string of the molecule is CC(=O)Oc1ccc2ncnc(Nc3ccc(Sc4nccn4C)c(F)c3)c2c1.Cl.Cl. The number of ether oxygens (including phenoxy) is 1. The summed E-state index contributed by atoms with van der Waals surface area (Å²) in [6, 6.07) is 9.90. The van der Waals surface area contributed by atoms with Gasteiger partial charge >= 0.3 is 5.97 Å². The van der Waals surface area contributed by atoms with Crippen molar-refractivity contribution in [2.75, 3.05) is 5.32 Å². The normalized spacial score (nSPS) is 10.2. The van der Waals surface area contributed by atoms with Crippen molar-refractivity contribution in [2.45, 2.75) is 17.0 Å². The number of imidazole rings is 1. The molecular formula is C20H18Cl2FN5O2S. The van der Waals surface area contributed by atoms with Crippen LogP contribution in [0, 0.1) is 5.82 Å². The molecule has 0 aliphatic rings. The van der Waals surface area contributed by atoms with Crippen LogP contribution in [0.25, 0.3) is 10.9 Å². The van der Waals surface area contributed by atoms with Crippen LogP contribution < -0.4 is 10.1 Å². The number of esters is 1. The molecule has 0 saturated carbocycles. The number of halogens is 3. The Morgan fingerprint density at radius 2 is 1.94 bits per heavy atom. The van der Waals surface area contributed by atoms with Crippen LogP contribution in [0.4, 0.5) is 15.9 Å². The van der Waals surface area contributed by atoms with Gasteiger partial charge in [-0.3, -0.25) is 4.79 Å². The van der Waals surface area contributed by atoms with Gasteiger partial charge in [-0.1, -0.05) is 0 Å². The van der Waals surface area contributed by atoms with Crippen molar-refractivity contribution < 1.29 is 13.9 Å². The van der Waals surface area contributed by atoms with E-state index in [4.69, 9.17) is 4.74 Å². The van der Waals surface area contributed by atoms with Crippen molar-refractivity contribution in [1.82, 2.24) is 19.5 Å². The number of carbonyl (C=O) groups is 1. The lowest BCUT2D eigenvalue weighted by molar-refractivity contribution is -0.131. The van der Waals surface area contributed by atoms with Crippen LogP contribution in [0.15, 0.2) is 65.2 Å². The molecule has 0 fully saturated rings. The van der Waals surface area contributed by atoms with E-state index >= 15 is 0 Å². The summed E-state index contributed by atoms with van der Waals surface area (Å²) in [5.74, 6) is 0.0734. The molecule has 4 rings (SSSR count). The monoisotopic (exact) mass is 481 g/mol. The van der Waals surface area contributed by atoms with Gasteiger partial charge in [-0.05, 0) is 48.2 Å². The highest BCUT2D eigenvalue weighted by Crippen LogP contribution is 2.32. The van der Waals surface area contributed by atoms with Crippen molar-refractivity contribution in [3.8, 4) is 5.75 Å². The van der Waals surface area contributed by atoms with E-state index in [2.05, 4.69) is 20.3 Å². The summed E-state index contributed by atoms with van der Waals surface area (Å²) in [6.07, 6.45) is 4.89. The summed E-state index contributed by atoms with van der Waals surface area (Å²) >= 11 is 1.25. The van der Waals surface area contributed by atoms with Crippen molar-refractivity contribution >= 4 is 65.0 Å². The highest BCUT2D eigenvalue weighted by molar-refractivity contribution is 7.99. The zero-order valence-corrected chi connectivity index (χ0v) is 18.9. The van der Waals surface area contributed by atoms with Crippen molar-refractivity contribution in [2.24, 2.45) is 7.05 Å². The van der Waals surface area contributed by atoms with Gasteiger partial charge in [0.1, 0.15) is 23.7 Å². The number of aryl methyl sites for hydroxylation is 1. The lowest BCUT2D eigenvalue weighted by atomic mass is 10.2. The second kappa shape index (κ2) is 10.4. The molecule has 0 aliphatic heterocycles. The van der Waals surface area contributed by atoms with Crippen molar-refractivity contribution in [3.05, 3.63) is 60.9 Å². The quantitative estimate of drug-likeness (QED) is 0.311. The van der Waals surface area contributed by atoms with Gasteiger partial charge in [0.05, 0.1) is 10.4 Å². The second-order valence-corrected chi connectivity index (χ2v) is 7.20. The third-order valence-electron chi connectivity index (χ3n) is 4.04. The van der Waals surface area contributed by atoms with E-state index in [0.717, 1.165) is 0 Å². The minimum Gasteiger partial charge on any atom is -0.427 e. The zero-order chi connectivity index (χ0) is 20.4. The van der Waals surface area contributed by atoms with Crippen LogP contribution >= 0.6 is 36.6 Å². The highest BCUT2D eigenvalue weighted by atomic mass is 35.5. The Kier molecular flexibility index (Phi) is 8.21. The zero-order valence-electron chi connectivity index (χ0n) is 16.4. The highest BCUT2D eigenvalue weighted by Gasteiger charge is 2.11. The van der Waals surface area contributed by atoms with Crippen LogP contribution in [0.2, 0.25) is 0 Å². The molecule has 0 radical (unpaired) electrons. The van der Waals surface area contributed by atoms with Gasteiger partial charge < -0.3 is 14.6 Å². The number of nitrogens with one attached hydrogen (secondary N) is 1. The molecule has 2 heterocycles. The average molecular weight is 482 g/mol. The Morgan fingerprint density at radius 1 is 1.13 bits per heavy atom. The Hall–Kier alpha value is -2.88. The number of benzene rings is 2. The Balaban J connectivity index is 0.00000171. The number of rotatable bonds is 5. The Morgan fingerprint density at radius 3 is 2.61 bits per heavy atom. The predicted molar refractivity (Wildman–Crippen MR) is 122 cm³/mol. The number of hydrogen-bond donors (Lipinski definition) is 1. The number of fused-ring (bicyclic) bond motifs is 1. The molecule has 7 nitrogen and oxygen atoms in total. The number of hydrogen-bond acceptors (Lipinski definition) is 7. The summed E-state index contributed by atoms with van der Waals surface area (Å²) < 4.78 is 21.6. The van der Waals surface area contributed by atoms with E-state index in [1.165, 1.54) is 31.1 Å². The Bertz CT molecular complexity index is 1220. The fraction of sp³-hybridized carbons (Fsp3) is 0.100. The van der Waals surface area contributed by atoms with Gasteiger partial charge in [-0.25, -0.2) is 19.3 Å². The minimum absolute atomic E-state index is 0. The first-order valence-electron chi connectivity index (χ1n) is 8.64. The van der Waals surface area contributed by atoms with Crippen LogP contribution in [0.1, 0.15) is 6.92 Å². The van der Waals surface area contributed by atoms with Gasteiger partial charge in [-0.15, -0.1) is 24.8 Å². The second-order valence-electron chi connectivity index (χ2n) is 6.19. The van der Waals surface area contributed by atoms with Crippen LogP contribution in [-0.4, -0.2) is 25.5 Å². The molecule has 0 amide bonds. The maximum absolute atomic E-state index is 14.6. The minimum atomic E-state index is -0.418. The molecule has 0 saturated heterocycles. The van der Waals surface area contributed by atoms with Crippen molar-refractivity contribution in [3.63, 3.8) is 0 Å². The third kappa shape index (κ3) is 5.63. The number of aromatic nitrogens is 4. The molecule has 162 valence electrons. The third-order valence-corrected chi connectivity index (χ3v) is 5.17. The summed E-state index contributed by atoms with van der Waals surface area (Å²) in [6.45, 7) is 1.33. The standard InChI is InChI=1S/C20H16FN5O2S.2ClH/c1-12(27)28-14-4-5-17-15(10-14)19(24-11-23-17)25-13-3-6-18(16(21)9-13)29-20-22-7-8-26(20)2;;/h3-11H,1-2H3,(H,23,24,25);2*1H. The molecule has 2 aromatic heterocycles. The first kappa shape index (κ1) is 24.4. The summed E-state index contributed by atoms with van der Waals surface area (Å²) in [4.78, 5) is 24.3. The molecule has 0 spiro atoms. The van der Waals surface area contributed by atoms with E-state index in [9.17, 15) is 9.18 Å². The van der Waals surface area contributed by atoms with Gasteiger partial charge in [0.2, 0.25) is 0 Å². The largest absolute Gasteiger partial charge is 0.427 e. The fourth-order valence-corrected chi connectivity index (χ4v) is 3.52. The first-order chi connectivity index (χ1) is 14.0. The van der Waals surface area contributed by atoms with Crippen LogP contribution in [0.3, 0.4) is 0 Å². The molecule has 2 aromatic carbocycles. The van der Waals surface area contributed by atoms with E-state index in [1.54, 1.807) is 42.7 Å². The molecular weight excluding hydrogens is 464 g/mol. The van der Waals surface area contributed by atoms with E-state index < -0.39 is 5.97 Å². The molecule has 1 N–H and O–H groups in total. The average Bonchev–Trinajstić information content (AvgIpc) is 3.08. The molecule has 0 atom stereocenters. The molecule has 0 aliphatic carbocycles. The smallest absolute Gasteiger partial charge is 0.308 e.